The van der Waals surface area contributed by atoms with Crippen LogP contribution in [0.4, 0.5) is 0 Å². The van der Waals surface area contributed by atoms with E-state index in [-0.39, 0.29) is 5.56 Å². The van der Waals surface area contributed by atoms with E-state index in [2.05, 4.69) is 36.3 Å². The fourth-order valence-corrected chi connectivity index (χ4v) is 5.08. The van der Waals surface area contributed by atoms with Crippen molar-refractivity contribution >= 4 is 16.7 Å². The van der Waals surface area contributed by atoms with Crippen LogP contribution in [0.2, 0.25) is 0 Å². The van der Waals surface area contributed by atoms with Crippen LogP contribution < -0.4 is 5.56 Å². The minimum Gasteiger partial charge on any atom is -0.305 e. The van der Waals surface area contributed by atoms with Crippen LogP contribution in [0.3, 0.4) is 0 Å². The van der Waals surface area contributed by atoms with Crippen molar-refractivity contribution in [1.82, 2.24) is 33.9 Å². The number of piperidine rings is 1. The molecule has 5 rings (SSSR count). The molecule has 2 aromatic heterocycles. The zero-order valence-corrected chi connectivity index (χ0v) is 18.2. The Morgan fingerprint density at radius 1 is 1.07 bits per heavy atom. The molecular formula is C22H31N7O. The molecule has 0 spiro atoms. The quantitative estimate of drug-likeness (QED) is 0.646. The number of likely N-dealkylation sites (tertiary alicyclic amines) is 1. The van der Waals surface area contributed by atoms with E-state index in [9.17, 15) is 4.79 Å². The van der Waals surface area contributed by atoms with E-state index in [1.807, 2.05) is 25.1 Å². The molecule has 0 amide bonds. The maximum Gasteiger partial charge on any atom is 0.262 e. The third-order valence-electron chi connectivity index (χ3n) is 6.83. The van der Waals surface area contributed by atoms with Crippen molar-refractivity contribution in [2.45, 2.75) is 32.4 Å². The van der Waals surface area contributed by atoms with Crippen LogP contribution in [0.5, 0.6) is 0 Å². The first-order valence-corrected chi connectivity index (χ1v) is 11.0. The Morgan fingerprint density at radius 2 is 1.87 bits per heavy atom. The lowest BCUT2D eigenvalue weighted by Gasteiger charge is -2.42. The summed E-state index contributed by atoms with van der Waals surface area (Å²) in [6.07, 6.45) is 2.62. The number of nitrogens with zero attached hydrogens (tertiary/aromatic N) is 7. The predicted octanol–water partition coefficient (Wildman–Crippen LogP) is 1.10. The molecule has 1 unspecified atom stereocenters. The van der Waals surface area contributed by atoms with Gasteiger partial charge in [-0.25, -0.2) is 0 Å². The van der Waals surface area contributed by atoms with Crippen molar-refractivity contribution in [1.29, 1.82) is 0 Å². The van der Waals surface area contributed by atoms with Gasteiger partial charge in [-0.15, -0.1) is 10.2 Å². The summed E-state index contributed by atoms with van der Waals surface area (Å²) in [7, 11) is 4.01. The normalized spacial score (nSPS) is 22.3. The predicted molar refractivity (Wildman–Crippen MR) is 118 cm³/mol. The zero-order valence-electron chi connectivity index (χ0n) is 18.2. The van der Waals surface area contributed by atoms with Crippen LogP contribution >= 0.6 is 0 Å². The monoisotopic (exact) mass is 409 g/mol. The number of hydrogen-bond acceptors (Lipinski definition) is 6. The van der Waals surface area contributed by atoms with Gasteiger partial charge in [0.15, 0.2) is 5.82 Å². The molecule has 0 saturated carbocycles. The van der Waals surface area contributed by atoms with Gasteiger partial charge in [0.25, 0.3) is 5.56 Å². The molecule has 2 aliphatic heterocycles. The van der Waals surface area contributed by atoms with Crippen LogP contribution in [0, 0.1) is 6.92 Å². The molecule has 1 aromatic carbocycles. The third-order valence-corrected chi connectivity index (χ3v) is 6.83. The first kappa shape index (κ1) is 19.7. The van der Waals surface area contributed by atoms with Crippen LogP contribution in [0.15, 0.2) is 23.0 Å². The number of hydrogen-bond donors (Lipinski definition) is 0. The van der Waals surface area contributed by atoms with E-state index in [1.54, 1.807) is 11.6 Å². The van der Waals surface area contributed by atoms with Crippen molar-refractivity contribution in [2.75, 3.05) is 46.3 Å². The maximum atomic E-state index is 12.8. The summed E-state index contributed by atoms with van der Waals surface area (Å²) in [6.45, 7) is 9.47. The van der Waals surface area contributed by atoms with Gasteiger partial charge in [-0.2, -0.15) is 0 Å². The largest absolute Gasteiger partial charge is 0.305 e. The highest BCUT2D eigenvalue weighted by Gasteiger charge is 2.27. The number of rotatable bonds is 3. The number of aryl methyl sites for hydroxylation is 2. The highest BCUT2D eigenvalue weighted by atomic mass is 16.1. The molecule has 4 heterocycles. The lowest BCUT2D eigenvalue weighted by atomic mass is 10.0. The Bertz CT molecular complexity index is 1130. The average Bonchev–Trinajstić information content (AvgIpc) is 3.16. The highest BCUT2D eigenvalue weighted by molar-refractivity contribution is 5.81. The van der Waals surface area contributed by atoms with Crippen molar-refractivity contribution < 1.29 is 0 Å². The Labute approximate surface area is 176 Å². The second kappa shape index (κ2) is 7.76. The van der Waals surface area contributed by atoms with Crippen molar-refractivity contribution in [2.24, 2.45) is 7.05 Å². The standard InChI is InChI=1S/C22H31N7O/c1-16-6-7-19-18(13-16)21(30)26(3)22-24-23-20(29(19)22)15-27-9-11-28(12-10-27)17-5-4-8-25(2)14-17/h6-7,13,17H,4-5,8-12,14-15H2,1-3H3. The van der Waals surface area contributed by atoms with E-state index in [1.165, 1.54) is 25.9 Å². The van der Waals surface area contributed by atoms with Crippen LogP contribution in [0.25, 0.3) is 16.7 Å². The molecule has 2 saturated heterocycles. The first-order valence-electron chi connectivity index (χ1n) is 11.0. The van der Waals surface area contributed by atoms with Gasteiger partial charge in [-0.1, -0.05) is 11.6 Å². The van der Waals surface area contributed by atoms with Crippen LogP contribution in [-0.4, -0.2) is 86.2 Å². The maximum absolute atomic E-state index is 12.8. The van der Waals surface area contributed by atoms with Gasteiger partial charge < -0.3 is 4.90 Å². The topological polar surface area (TPSA) is 61.9 Å². The van der Waals surface area contributed by atoms with Gasteiger partial charge in [-0.3, -0.25) is 23.6 Å². The van der Waals surface area contributed by atoms with Crippen molar-refractivity contribution in [3.05, 3.63) is 39.9 Å². The summed E-state index contributed by atoms with van der Waals surface area (Å²) in [5, 5.41) is 9.54. The number of benzene rings is 1. The molecule has 2 fully saturated rings. The summed E-state index contributed by atoms with van der Waals surface area (Å²) in [5.74, 6) is 1.51. The minimum absolute atomic E-state index is 0.0220. The summed E-state index contributed by atoms with van der Waals surface area (Å²) in [5.41, 5.74) is 1.95. The average molecular weight is 410 g/mol. The fourth-order valence-electron chi connectivity index (χ4n) is 5.08. The first-order chi connectivity index (χ1) is 14.5. The summed E-state index contributed by atoms with van der Waals surface area (Å²) >= 11 is 0. The lowest BCUT2D eigenvalue weighted by Crippen LogP contribution is -2.54. The number of likely N-dealkylation sites (N-methyl/N-ethyl adjacent to an activating group) is 1. The van der Waals surface area contributed by atoms with Crippen LogP contribution in [-0.2, 0) is 13.6 Å². The second-order valence-corrected chi connectivity index (χ2v) is 9.01. The third kappa shape index (κ3) is 3.42. The molecule has 3 aromatic rings. The highest BCUT2D eigenvalue weighted by Crippen LogP contribution is 2.19. The van der Waals surface area contributed by atoms with E-state index in [0.29, 0.717) is 11.8 Å². The van der Waals surface area contributed by atoms with Crippen molar-refractivity contribution in [3.63, 3.8) is 0 Å². The summed E-state index contributed by atoms with van der Waals surface area (Å²) in [4.78, 5) is 20.3. The number of aromatic nitrogens is 4. The van der Waals surface area contributed by atoms with E-state index in [0.717, 1.165) is 55.0 Å². The van der Waals surface area contributed by atoms with Gasteiger partial charge in [0.05, 0.1) is 17.4 Å². The second-order valence-electron chi connectivity index (χ2n) is 9.01. The van der Waals surface area contributed by atoms with Gasteiger partial charge in [-0.05, 0) is 45.5 Å². The smallest absolute Gasteiger partial charge is 0.262 e. The number of fused-ring (bicyclic) bond motifs is 3. The molecular weight excluding hydrogens is 378 g/mol. The van der Waals surface area contributed by atoms with E-state index < -0.39 is 0 Å². The molecule has 2 aliphatic rings. The molecule has 160 valence electrons. The molecule has 0 N–H and O–H groups in total. The molecule has 1 atom stereocenters. The molecule has 0 aliphatic carbocycles. The van der Waals surface area contributed by atoms with E-state index in [4.69, 9.17) is 0 Å². The van der Waals surface area contributed by atoms with Crippen LogP contribution in [0.1, 0.15) is 24.2 Å². The minimum atomic E-state index is -0.0220. The van der Waals surface area contributed by atoms with Gasteiger partial charge >= 0.3 is 0 Å². The Hall–Kier alpha value is -2.29. The molecule has 8 nitrogen and oxygen atoms in total. The van der Waals surface area contributed by atoms with Gasteiger partial charge in [0.1, 0.15) is 0 Å². The van der Waals surface area contributed by atoms with Gasteiger partial charge in [0.2, 0.25) is 5.78 Å². The molecule has 0 bridgehead atoms. The Balaban J connectivity index is 1.38. The zero-order chi connectivity index (χ0) is 20.8. The van der Waals surface area contributed by atoms with E-state index >= 15 is 0 Å². The summed E-state index contributed by atoms with van der Waals surface area (Å²) < 4.78 is 3.66. The van der Waals surface area contributed by atoms with Crippen molar-refractivity contribution in [3.8, 4) is 0 Å². The molecule has 30 heavy (non-hydrogen) atoms. The molecule has 8 heteroatoms. The molecule has 0 radical (unpaired) electrons. The summed E-state index contributed by atoms with van der Waals surface area (Å²) in [6, 6.07) is 6.72. The lowest BCUT2D eigenvalue weighted by molar-refractivity contribution is 0.0559. The Morgan fingerprint density at radius 3 is 2.63 bits per heavy atom. The Kier molecular flexibility index (Phi) is 5.08. The number of piperazine rings is 1. The SMILES string of the molecule is Cc1ccc2c(c1)c(=O)n(C)c1nnc(CN3CCN(C4CCCN(C)C4)CC3)n21. The fraction of sp³-hybridized carbons (Fsp3) is 0.591. The van der Waals surface area contributed by atoms with Gasteiger partial charge in [0, 0.05) is 45.8 Å².